The van der Waals surface area contributed by atoms with Gasteiger partial charge in [0.25, 0.3) is 0 Å². The first-order valence-corrected chi connectivity index (χ1v) is 14.8. The molecule has 0 aromatic carbocycles. The molecule has 4 aliphatic carbocycles. The molecule has 12 heteroatoms. The quantitative estimate of drug-likeness (QED) is 0.128. The number of hydrogen-bond donors (Lipinski definition) is 2. The van der Waals surface area contributed by atoms with Crippen LogP contribution in [0.25, 0.3) is 0 Å². The predicted molar refractivity (Wildman–Crippen MR) is 129 cm³/mol. The number of aliphatic hydroxyl groups excluding tert-OH is 1. The summed E-state index contributed by atoms with van der Waals surface area (Å²) in [5.74, 6) is 0.151. The number of carbonyl (C=O) groups is 1. The zero-order chi connectivity index (χ0) is 26.5. The molecule has 4 aliphatic rings. The van der Waals surface area contributed by atoms with Gasteiger partial charge in [-0.05, 0) is 116 Å². The number of nitrogens with zero attached hydrogens (tertiary/aromatic N) is 1. The van der Waals surface area contributed by atoms with Crippen molar-refractivity contribution in [2.45, 2.75) is 97.2 Å². The molecule has 0 spiro atoms. The number of fused-ring (bicyclic) bond motifs is 5. The van der Waals surface area contributed by atoms with Gasteiger partial charge >= 0.3 is 69.5 Å². The maximum Gasteiger partial charge on any atom is 1.00 e. The third-order valence-electron chi connectivity index (χ3n) is 10.9. The summed E-state index contributed by atoms with van der Waals surface area (Å²) < 4.78 is 36.6. The molecular formula is C26H41NNa2O8S. The van der Waals surface area contributed by atoms with Gasteiger partial charge in [0.1, 0.15) is 0 Å². The Labute approximate surface area is 271 Å². The Hall–Kier alpha value is 0.770. The topological polar surface area (TPSA) is 159 Å². The van der Waals surface area contributed by atoms with Gasteiger partial charge in [0.2, 0.25) is 0 Å². The van der Waals surface area contributed by atoms with Crippen molar-refractivity contribution >= 4 is 22.3 Å². The van der Waals surface area contributed by atoms with Gasteiger partial charge in [-0.1, -0.05) is 20.8 Å². The second kappa shape index (κ2) is 13.4. The molecule has 4 rings (SSSR count). The molecule has 0 aromatic rings. The molecule has 10 atom stereocenters. The van der Waals surface area contributed by atoms with E-state index in [4.69, 9.17) is 8.74 Å². The van der Waals surface area contributed by atoms with Gasteiger partial charge in [-0.25, -0.2) is 4.18 Å². The van der Waals surface area contributed by atoms with Crippen LogP contribution in [0.2, 0.25) is 0 Å². The fourth-order valence-electron chi connectivity index (χ4n) is 9.20. The van der Waals surface area contributed by atoms with Gasteiger partial charge in [-0.2, -0.15) is 8.42 Å². The first-order chi connectivity index (χ1) is 16.7. The minimum absolute atomic E-state index is 0. The molecule has 38 heavy (non-hydrogen) atoms. The van der Waals surface area contributed by atoms with Gasteiger partial charge in [-0.15, -0.1) is 0 Å². The van der Waals surface area contributed by atoms with E-state index in [-0.39, 0.29) is 94.1 Å². The van der Waals surface area contributed by atoms with Gasteiger partial charge in [0, 0.05) is 0 Å². The van der Waals surface area contributed by atoms with E-state index < -0.39 is 35.1 Å². The van der Waals surface area contributed by atoms with E-state index in [1.165, 1.54) is 0 Å². The molecule has 0 amide bonds. The van der Waals surface area contributed by atoms with Crippen molar-refractivity contribution in [3.8, 4) is 0 Å². The van der Waals surface area contributed by atoms with Crippen molar-refractivity contribution < 1.29 is 96.4 Å². The molecule has 0 aromatic heterocycles. The molecule has 4 fully saturated rings. The van der Waals surface area contributed by atoms with Crippen LogP contribution in [0.1, 0.15) is 85.0 Å². The average Bonchev–Trinajstić information content (AvgIpc) is 3.13. The van der Waals surface area contributed by atoms with Crippen molar-refractivity contribution in [1.29, 1.82) is 0 Å². The SMILES string of the molecule is C[C@H](CCC([O-])=NCC(=O)[O-])[C@H]1CC[C@H]2[C@@H]3[C@H](O)C[C@@H]4C[C@H](OS(=O)(=O)O)CC[C@]4(C)[C@H]3CC[C@]12C.[Na+].[Na+]. The first kappa shape index (κ1) is 35.0. The summed E-state index contributed by atoms with van der Waals surface area (Å²) in [6, 6.07) is 0. The Balaban J connectivity index is 0.00000253. The second-order valence-corrected chi connectivity index (χ2v) is 13.6. The molecule has 0 radical (unpaired) electrons. The number of carboxylic acid groups (broad SMARTS) is 1. The van der Waals surface area contributed by atoms with Gasteiger partial charge in [-0.3, -0.25) is 9.55 Å². The summed E-state index contributed by atoms with van der Waals surface area (Å²) in [6.07, 6.45) is 6.73. The molecular weight excluding hydrogens is 532 g/mol. The Morgan fingerprint density at radius 3 is 2.32 bits per heavy atom. The van der Waals surface area contributed by atoms with Crippen LogP contribution in [-0.2, 0) is 19.4 Å². The molecule has 0 heterocycles. The molecule has 0 bridgehead atoms. The number of aliphatic hydroxyl groups is 1. The number of hydrogen-bond acceptors (Lipinski definition) is 8. The minimum atomic E-state index is -4.49. The maximum absolute atomic E-state index is 12.0. The molecule has 0 unspecified atom stereocenters. The van der Waals surface area contributed by atoms with E-state index in [0.717, 1.165) is 32.1 Å². The van der Waals surface area contributed by atoms with Gasteiger partial charge in [0.15, 0.2) is 0 Å². The summed E-state index contributed by atoms with van der Waals surface area (Å²) in [7, 11) is -4.49. The predicted octanol–water partition coefficient (Wildman–Crippen LogP) is -4.26. The normalized spacial score (nSPS) is 41.5. The van der Waals surface area contributed by atoms with Gasteiger partial charge < -0.3 is 20.1 Å². The van der Waals surface area contributed by atoms with Crippen molar-refractivity contribution in [2.24, 2.45) is 51.3 Å². The number of rotatable bonds is 8. The van der Waals surface area contributed by atoms with E-state index in [9.17, 15) is 28.5 Å². The largest absolute Gasteiger partial charge is 1.00 e. The molecule has 206 valence electrons. The first-order valence-electron chi connectivity index (χ1n) is 13.5. The molecule has 4 saturated carbocycles. The molecule has 9 nitrogen and oxygen atoms in total. The Morgan fingerprint density at radius 2 is 1.68 bits per heavy atom. The van der Waals surface area contributed by atoms with Crippen LogP contribution < -0.4 is 69.3 Å². The van der Waals surface area contributed by atoms with E-state index in [1.54, 1.807) is 0 Å². The summed E-state index contributed by atoms with van der Waals surface area (Å²) in [6.45, 7) is 6.27. The third kappa shape index (κ3) is 7.21. The third-order valence-corrected chi connectivity index (χ3v) is 11.4. The number of aliphatic imine (C=N–C) groups is 1. The van der Waals surface area contributed by atoms with Crippen molar-refractivity contribution in [3.63, 3.8) is 0 Å². The maximum atomic E-state index is 12.0. The van der Waals surface area contributed by atoms with Crippen molar-refractivity contribution in [1.82, 2.24) is 0 Å². The monoisotopic (exact) mass is 573 g/mol. The molecule has 0 saturated heterocycles. The Bertz CT molecular complexity index is 980. The van der Waals surface area contributed by atoms with Crippen LogP contribution in [0.15, 0.2) is 4.99 Å². The Kier molecular flexibility index (Phi) is 12.3. The zero-order valence-corrected chi connectivity index (χ0v) is 28.4. The zero-order valence-electron chi connectivity index (χ0n) is 23.6. The van der Waals surface area contributed by atoms with Crippen LogP contribution in [0, 0.1) is 46.3 Å². The number of aliphatic carboxylic acids is 1. The van der Waals surface area contributed by atoms with E-state index in [2.05, 4.69) is 25.8 Å². The molecule has 2 N–H and O–H groups in total. The van der Waals surface area contributed by atoms with Crippen LogP contribution in [0.4, 0.5) is 0 Å². The van der Waals surface area contributed by atoms with E-state index >= 15 is 0 Å². The van der Waals surface area contributed by atoms with Crippen molar-refractivity contribution in [2.75, 3.05) is 6.54 Å². The average molecular weight is 574 g/mol. The standard InChI is InChI=1S/C26H43NO8S.2Na/c1-15(4-7-22(29)27-14-23(30)31)18-5-6-19-24-20(9-11-26(18,19)3)25(2)10-8-17(35-36(32,33)34)12-16(25)13-21(24)28;;/h15-21,24,28H,4-14H2,1-3H3,(H,27,29)(H,30,31)(H,32,33,34);;/q;2*+1/p-2/t15-,16+,17-,18-,19+,20+,21-,24+,25+,26-;;/m1../s1. The van der Waals surface area contributed by atoms with Crippen LogP contribution in [0.3, 0.4) is 0 Å². The van der Waals surface area contributed by atoms with Crippen LogP contribution in [-0.4, -0.2) is 48.7 Å². The fraction of sp³-hybridized carbons (Fsp3) is 0.923. The van der Waals surface area contributed by atoms with E-state index in [1.807, 2.05) is 0 Å². The summed E-state index contributed by atoms with van der Waals surface area (Å²) in [5.41, 5.74) is 0.0993. The fourth-order valence-corrected chi connectivity index (χ4v) is 9.72. The van der Waals surface area contributed by atoms with Crippen molar-refractivity contribution in [3.05, 3.63) is 0 Å². The summed E-state index contributed by atoms with van der Waals surface area (Å²) >= 11 is 0. The smallest absolute Gasteiger partial charge is 0.862 e. The number of carboxylic acids is 1. The Morgan fingerprint density at radius 1 is 1.05 bits per heavy atom. The van der Waals surface area contributed by atoms with Crippen LogP contribution >= 0.6 is 0 Å². The molecule has 0 aliphatic heterocycles. The second-order valence-electron chi connectivity index (χ2n) is 12.5. The van der Waals surface area contributed by atoms with Crippen LogP contribution in [0.5, 0.6) is 0 Å². The number of carbonyl (C=O) groups excluding carboxylic acids is 1. The minimum Gasteiger partial charge on any atom is -0.862 e. The summed E-state index contributed by atoms with van der Waals surface area (Å²) in [5, 5.41) is 34.0. The van der Waals surface area contributed by atoms with E-state index in [0.29, 0.717) is 49.4 Å². The van der Waals surface area contributed by atoms with Gasteiger partial charge in [0.05, 0.1) is 24.7 Å². The summed E-state index contributed by atoms with van der Waals surface area (Å²) in [4.78, 5) is 14.1.